The van der Waals surface area contributed by atoms with Crippen LogP contribution in [0.25, 0.3) is 11.1 Å². The summed E-state index contributed by atoms with van der Waals surface area (Å²) in [5, 5.41) is 9.12. The lowest BCUT2D eigenvalue weighted by Gasteiger charge is -2.16. The van der Waals surface area contributed by atoms with Gasteiger partial charge in [0.1, 0.15) is 0 Å². The van der Waals surface area contributed by atoms with Gasteiger partial charge in [-0.3, -0.25) is 10.0 Å². The molecule has 0 aliphatic heterocycles. The maximum atomic E-state index is 12.2. The van der Waals surface area contributed by atoms with Crippen LogP contribution in [0.2, 0.25) is 0 Å². The summed E-state index contributed by atoms with van der Waals surface area (Å²) in [6.45, 7) is 0. The van der Waals surface area contributed by atoms with Gasteiger partial charge in [0, 0.05) is 4.90 Å². The number of carbonyl (C=O) groups is 1. The lowest BCUT2D eigenvalue weighted by Crippen LogP contribution is -2.27. The molecule has 1 amide bonds. The molecule has 2 N–H and O–H groups in total. The molecule has 4 heteroatoms. The Labute approximate surface area is 151 Å². The SMILES string of the molecule is CSc1cccc(-c2ccc(C(C(=O)NO)c3ccccc3)cc2)c1. The zero-order chi connectivity index (χ0) is 17.6. The average Bonchev–Trinajstić information content (AvgIpc) is 2.69. The fourth-order valence-electron chi connectivity index (χ4n) is 2.88. The third-order valence-electron chi connectivity index (χ3n) is 4.15. The quantitative estimate of drug-likeness (QED) is 0.398. The Kier molecular flexibility index (Phi) is 5.53. The number of nitrogens with one attached hydrogen (secondary N) is 1. The molecule has 3 nitrogen and oxygen atoms in total. The minimum atomic E-state index is -0.544. The van der Waals surface area contributed by atoms with E-state index in [9.17, 15) is 4.79 Å². The molecule has 25 heavy (non-hydrogen) atoms. The summed E-state index contributed by atoms with van der Waals surface area (Å²) in [5.74, 6) is -0.985. The van der Waals surface area contributed by atoms with Crippen molar-refractivity contribution in [3.63, 3.8) is 0 Å². The molecule has 3 aromatic carbocycles. The van der Waals surface area contributed by atoms with Gasteiger partial charge in [-0.15, -0.1) is 11.8 Å². The highest BCUT2D eigenvalue weighted by atomic mass is 32.2. The van der Waals surface area contributed by atoms with Crippen LogP contribution in [0, 0.1) is 0 Å². The van der Waals surface area contributed by atoms with E-state index in [1.807, 2.05) is 60.7 Å². The van der Waals surface area contributed by atoms with Crippen LogP contribution in [0.5, 0.6) is 0 Å². The molecule has 0 aliphatic carbocycles. The predicted octanol–water partition coefficient (Wildman–Crippen LogP) is 4.71. The normalized spacial score (nSPS) is 11.8. The first-order valence-electron chi connectivity index (χ1n) is 7.96. The Balaban J connectivity index is 1.95. The molecule has 0 aliphatic rings. The van der Waals surface area contributed by atoms with Crippen molar-refractivity contribution in [1.29, 1.82) is 0 Å². The number of benzene rings is 3. The number of hydroxylamine groups is 1. The molecule has 3 rings (SSSR count). The van der Waals surface area contributed by atoms with Crippen LogP contribution in [0.15, 0.2) is 83.8 Å². The molecule has 126 valence electrons. The number of thioether (sulfide) groups is 1. The molecular weight excluding hydrogens is 330 g/mol. The van der Waals surface area contributed by atoms with Crippen LogP contribution in [0.3, 0.4) is 0 Å². The zero-order valence-corrected chi connectivity index (χ0v) is 14.7. The average molecular weight is 349 g/mol. The molecule has 0 radical (unpaired) electrons. The fourth-order valence-corrected chi connectivity index (χ4v) is 3.34. The summed E-state index contributed by atoms with van der Waals surface area (Å²) in [6.07, 6.45) is 2.06. The maximum absolute atomic E-state index is 12.2. The first-order chi connectivity index (χ1) is 12.2. The molecule has 0 saturated heterocycles. The first kappa shape index (κ1) is 17.3. The zero-order valence-electron chi connectivity index (χ0n) is 13.8. The van der Waals surface area contributed by atoms with Crippen LogP contribution in [0.4, 0.5) is 0 Å². The number of hydrogen-bond acceptors (Lipinski definition) is 3. The van der Waals surface area contributed by atoms with E-state index in [0.717, 1.165) is 22.3 Å². The summed E-state index contributed by atoms with van der Waals surface area (Å²) in [5.41, 5.74) is 5.69. The highest BCUT2D eigenvalue weighted by molar-refractivity contribution is 7.98. The highest BCUT2D eigenvalue weighted by Crippen LogP contribution is 2.29. The van der Waals surface area contributed by atoms with E-state index in [1.165, 1.54) is 4.90 Å². The fraction of sp³-hybridized carbons (Fsp3) is 0.0952. The second-order valence-electron chi connectivity index (χ2n) is 5.67. The minimum absolute atomic E-state index is 0.441. The van der Waals surface area contributed by atoms with Crippen molar-refractivity contribution in [2.24, 2.45) is 0 Å². The van der Waals surface area contributed by atoms with Gasteiger partial charge in [-0.2, -0.15) is 0 Å². The Hall–Kier alpha value is -2.56. The van der Waals surface area contributed by atoms with E-state index in [4.69, 9.17) is 5.21 Å². The van der Waals surface area contributed by atoms with Crippen molar-refractivity contribution in [3.8, 4) is 11.1 Å². The van der Waals surface area contributed by atoms with Gasteiger partial charge >= 0.3 is 0 Å². The molecule has 0 saturated carbocycles. The lowest BCUT2D eigenvalue weighted by molar-refractivity contribution is -0.129. The molecule has 3 aromatic rings. The summed E-state index contributed by atoms with van der Waals surface area (Å²) >= 11 is 1.71. The van der Waals surface area contributed by atoms with Gasteiger partial charge in [0.25, 0.3) is 5.91 Å². The topological polar surface area (TPSA) is 49.3 Å². The lowest BCUT2D eigenvalue weighted by atomic mass is 9.89. The van der Waals surface area contributed by atoms with E-state index in [2.05, 4.69) is 24.5 Å². The second kappa shape index (κ2) is 8.01. The Bertz CT molecular complexity index is 847. The van der Waals surface area contributed by atoms with E-state index < -0.39 is 11.8 Å². The second-order valence-corrected chi connectivity index (χ2v) is 6.55. The number of hydrogen-bond donors (Lipinski definition) is 2. The molecule has 1 unspecified atom stereocenters. The van der Waals surface area contributed by atoms with Gasteiger partial charge in [-0.25, -0.2) is 5.48 Å². The highest BCUT2D eigenvalue weighted by Gasteiger charge is 2.22. The van der Waals surface area contributed by atoms with E-state index in [1.54, 1.807) is 17.2 Å². The van der Waals surface area contributed by atoms with Crippen molar-refractivity contribution < 1.29 is 10.0 Å². The van der Waals surface area contributed by atoms with Crippen LogP contribution in [-0.2, 0) is 4.79 Å². The van der Waals surface area contributed by atoms with Gasteiger partial charge in [-0.1, -0.05) is 66.7 Å². The number of carbonyl (C=O) groups excluding carboxylic acids is 1. The third kappa shape index (κ3) is 3.92. The summed E-state index contributed by atoms with van der Waals surface area (Å²) < 4.78 is 0. The van der Waals surface area contributed by atoms with Crippen LogP contribution >= 0.6 is 11.8 Å². The third-order valence-corrected chi connectivity index (χ3v) is 4.88. The molecule has 0 heterocycles. The van der Waals surface area contributed by atoms with Gasteiger partial charge in [0.15, 0.2) is 0 Å². The van der Waals surface area contributed by atoms with E-state index >= 15 is 0 Å². The molecule has 0 aromatic heterocycles. The summed E-state index contributed by atoms with van der Waals surface area (Å²) in [7, 11) is 0. The Morgan fingerprint density at radius 1 is 0.880 bits per heavy atom. The Morgan fingerprint density at radius 2 is 1.56 bits per heavy atom. The molecule has 0 bridgehead atoms. The van der Waals surface area contributed by atoms with Crippen LogP contribution in [0.1, 0.15) is 17.0 Å². The molecule has 0 spiro atoms. The van der Waals surface area contributed by atoms with Crippen molar-refractivity contribution in [1.82, 2.24) is 5.48 Å². The first-order valence-corrected chi connectivity index (χ1v) is 9.18. The number of amides is 1. The monoisotopic (exact) mass is 349 g/mol. The number of rotatable bonds is 5. The predicted molar refractivity (Wildman–Crippen MR) is 102 cm³/mol. The van der Waals surface area contributed by atoms with Gasteiger partial charge < -0.3 is 0 Å². The van der Waals surface area contributed by atoms with E-state index in [-0.39, 0.29) is 0 Å². The van der Waals surface area contributed by atoms with Crippen molar-refractivity contribution in [2.45, 2.75) is 10.8 Å². The van der Waals surface area contributed by atoms with Crippen LogP contribution in [-0.4, -0.2) is 17.4 Å². The van der Waals surface area contributed by atoms with E-state index in [0.29, 0.717) is 0 Å². The molecular formula is C21H19NO2S. The summed E-state index contributed by atoms with van der Waals surface area (Å²) in [6, 6.07) is 25.7. The maximum Gasteiger partial charge on any atom is 0.255 e. The smallest absolute Gasteiger partial charge is 0.255 e. The van der Waals surface area contributed by atoms with Crippen molar-refractivity contribution in [2.75, 3.05) is 6.26 Å². The standard InChI is InChI=1S/C21H19NO2S/c1-25-19-9-5-8-18(14-19)15-10-12-17(13-11-15)20(21(23)22-24)16-6-3-2-4-7-16/h2-14,20,24H,1H3,(H,22,23). The van der Waals surface area contributed by atoms with Gasteiger partial charge in [-0.05, 0) is 40.6 Å². The van der Waals surface area contributed by atoms with Crippen molar-refractivity contribution >= 4 is 17.7 Å². The minimum Gasteiger partial charge on any atom is -0.289 e. The van der Waals surface area contributed by atoms with Gasteiger partial charge in [0.2, 0.25) is 0 Å². The van der Waals surface area contributed by atoms with Gasteiger partial charge in [0.05, 0.1) is 5.92 Å². The van der Waals surface area contributed by atoms with Crippen molar-refractivity contribution in [3.05, 3.63) is 90.0 Å². The Morgan fingerprint density at radius 3 is 2.20 bits per heavy atom. The molecule has 1 atom stereocenters. The summed E-state index contributed by atoms with van der Waals surface area (Å²) in [4.78, 5) is 13.4. The molecule has 0 fully saturated rings. The van der Waals surface area contributed by atoms with Crippen LogP contribution < -0.4 is 5.48 Å². The largest absolute Gasteiger partial charge is 0.289 e.